The molecule has 0 atom stereocenters. The number of nitrogens with one attached hydrogen (secondary N) is 2. The molecule has 1 fully saturated rings. The summed E-state index contributed by atoms with van der Waals surface area (Å²) in [7, 11) is 0. The fraction of sp³-hybridized carbons (Fsp3) is 0.929. The topological polar surface area (TPSA) is 61.4 Å². The number of amides is 1. The van der Waals surface area contributed by atoms with E-state index in [1.807, 2.05) is 0 Å². The monoisotopic (exact) mass is 256 g/mol. The summed E-state index contributed by atoms with van der Waals surface area (Å²) in [5.41, 5.74) is 0.00513. The molecular formula is C14H28N2O2. The van der Waals surface area contributed by atoms with Crippen LogP contribution in [0.4, 0.5) is 0 Å². The number of rotatable bonds is 6. The van der Waals surface area contributed by atoms with Crippen molar-refractivity contribution in [3.8, 4) is 0 Å². The predicted molar refractivity (Wildman–Crippen MR) is 73.4 cm³/mol. The van der Waals surface area contributed by atoms with Gasteiger partial charge >= 0.3 is 0 Å². The first-order valence-corrected chi connectivity index (χ1v) is 7.00. The van der Waals surface area contributed by atoms with Crippen LogP contribution >= 0.6 is 0 Å². The lowest BCUT2D eigenvalue weighted by molar-refractivity contribution is -0.121. The first-order valence-electron chi connectivity index (χ1n) is 7.00. The van der Waals surface area contributed by atoms with Crippen molar-refractivity contribution in [3.63, 3.8) is 0 Å². The highest BCUT2D eigenvalue weighted by Gasteiger charge is 2.33. The quantitative estimate of drug-likeness (QED) is 0.674. The maximum Gasteiger partial charge on any atom is 0.221 e. The molecule has 0 aromatic heterocycles. The second-order valence-corrected chi connectivity index (χ2v) is 6.57. The summed E-state index contributed by atoms with van der Waals surface area (Å²) >= 11 is 0. The minimum absolute atomic E-state index is 0.0485. The molecule has 0 radical (unpaired) electrons. The molecular weight excluding hydrogens is 228 g/mol. The Bertz CT molecular complexity index is 265. The SMILES string of the molecule is CC(C)(C)NCCC(=O)NCC1(CO)CCCC1. The van der Waals surface area contributed by atoms with Gasteiger partial charge in [0, 0.05) is 30.5 Å². The van der Waals surface area contributed by atoms with Crippen LogP contribution in [0.25, 0.3) is 0 Å². The van der Waals surface area contributed by atoms with E-state index in [1.165, 1.54) is 12.8 Å². The van der Waals surface area contributed by atoms with Gasteiger partial charge < -0.3 is 15.7 Å². The third-order valence-electron chi connectivity index (χ3n) is 3.67. The molecule has 1 saturated carbocycles. The highest BCUT2D eigenvalue weighted by molar-refractivity contribution is 5.76. The van der Waals surface area contributed by atoms with E-state index in [4.69, 9.17) is 0 Å². The van der Waals surface area contributed by atoms with Crippen molar-refractivity contribution in [1.29, 1.82) is 0 Å². The fourth-order valence-corrected chi connectivity index (χ4v) is 2.44. The largest absolute Gasteiger partial charge is 0.396 e. The number of hydrogen-bond donors (Lipinski definition) is 3. The average molecular weight is 256 g/mol. The minimum atomic E-state index is -0.0485. The van der Waals surface area contributed by atoms with Crippen molar-refractivity contribution in [2.75, 3.05) is 19.7 Å². The van der Waals surface area contributed by atoms with Crippen LogP contribution in [-0.2, 0) is 4.79 Å². The number of carbonyl (C=O) groups excluding carboxylic acids is 1. The Hall–Kier alpha value is -0.610. The Morgan fingerprint density at radius 3 is 2.39 bits per heavy atom. The average Bonchev–Trinajstić information content (AvgIpc) is 2.74. The zero-order valence-electron chi connectivity index (χ0n) is 12.0. The van der Waals surface area contributed by atoms with E-state index < -0.39 is 0 Å². The van der Waals surface area contributed by atoms with Crippen molar-refractivity contribution in [1.82, 2.24) is 10.6 Å². The van der Waals surface area contributed by atoms with E-state index in [2.05, 4.69) is 31.4 Å². The first kappa shape index (κ1) is 15.4. The van der Waals surface area contributed by atoms with Gasteiger partial charge in [-0.15, -0.1) is 0 Å². The highest BCUT2D eigenvalue weighted by Crippen LogP contribution is 2.36. The van der Waals surface area contributed by atoms with Crippen LogP contribution in [-0.4, -0.2) is 36.2 Å². The lowest BCUT2D eigenvalue weighted by atomic mass is 9.87. The van der Waals surface area contributed by atoms with Crippen LogP contribution in [0.2, 0.25) is 0 Å². The van der Waals surface area contributed by atoms with Crippen LogP contribution in [0, 0.1) is 5.41 Å². The van der Waals surface area contributed by atoms with Gasteiger partial charge in [0.2, 0.25) is 5.91 Å². The molecule has 1 aliphatic carbocycles. The van der Waals surface area contributed by atoms with Gasteiger partial charge in [-0.2, -0.15) is 0 Å². The maximum atomic E-state index is 11.7. The molecule has 0 saturated heterocycles. The van der Waals surface area contributed by atoms with Gasteiger partial charge in [-0.25, -0.2) is 0 Å². The fourth-order valence-electron chi connectivity index (χ4n) is 2.44. The Morgan fingerprint density at radius 2 is 1.89 bits per heavy atom. The van der Waals surface area contributed by atoms with E-state index >= 15 is 0 Å². The van der Waals surface area contributed by atoms with E-state index in [1.54, 1.807) is 0 Å². The number of aliphatic hydroxyl groups excluding tert-OH is 1. The molecule has 0 spiro atoms. The van der Waals surface area contributed by atoms with Gasteiger partial charge in [0.25, 0.3) is 0 Å². The minimum Gasteiger partial charge on any atom is -0.396 e. The smallest absolute Gasteiger partial charge is 0.221 e. The second-order valence-electron chi connectivity index (χ2n) is 6.57. The van der Waals surface area contributed by atoms with Gasteiger partial charge in [-0.05, 0) is 33.6 Å². The molecule has 1 aliphatic rings. The van der Waals surface area contributed by atoms with Crippen LogP contribution < -0.4 is 10.6 Å². The van der Waals surface area contributed by atoms with E-state index in [9.17, 15) is 9.90 Å². The molecule has 0 bridgehead atoms. The lowest BCUT2D eigenvalue weighted by Crippen LogP contribution is -2.41. The van der Waals surface area contributed by atoms with Gasteiger partial charge in [-0.1, -0.05) is 12.8 Å². The Balaban J connectivity index is 2.20. The molecule has 106 valence electrons. The molecule has 0 aliphatic heterocycles. The third-order valence-corrected chi connectivity index (χ3v) is 3.67. The number of hydrogen-bond acceptors (Lipinski definition) is 3. The van der Waals surface area contributed by atoms with Crippen molar-refractivity contribution in [3.05, 3.63) is 0 Å². The molecule has 1 rings (SSSR count). The Morgan fingerprint density at radius 1 is 1.28 bits per heavy atom. The number of aliphatic hydroxyl groups is 1. The molecule has 1 amide bonds. The van der Waals surface area contributed by atoms with Gasteiger partial charge in [0.05, 0.1) is 6.61 Å². The van der Waals surface area contributed by atoms with Crippen molar-refractivity contribution in [2.24, 2.45) is 5.41 Å². The summed E-state index contributed by atoms with van der Waals surface area (Å²) in [6.45, 7) is 7.77. The Labute approximate surface area is 111 Å². The van der Waals surface area contributed by atoms with Crippen LogP contribution in [0.3, 0.4) is 0 Å². The van der Waals surface area contributed by atoms with E-state index in [-0.39, 0.29) is 23.5 Å². The predicted octanol–water partition coefficient (Wildman–Crippen LogP) is 1.43. The lowest BCUT2D eigenvalue weighted by Gasteiger charge is -2.26. The van der Waals surface area contributed by atoms with Gasteiger partial charge in [0.15, 0.2) is 0 Å². The number of carbonyl (C=O) groups is 1. The molecule has 0 aromatic carbocycles. The zero-order valence-corrected chi connectivity index (χ0v) is 12.0. The summed E-state index contributed by atoms with van der Waals surface area (Å²) in [6.07, 6.45) is 4.90. The van der Waals surface area contributed by atoms with E-state index in [0.717, 1.165) is 12.8 Å². The highest BCUT2D eigenvalue weighted by atomic mass is 16.3. The first-order chi connectivity index (χ1) is 8.37. The summed E-state index contributed by atoms with van der Waals surface area (Å²) in [5, 5.41) is 15.7. The summed E-state index contributed by atoms with van der Waals surface area (Å²) < 4.78 is 0. The van der Waals surface area contributed by atoms with Crippen LogP contribution in [0.15, 0.2) is 0 Å². The maximum absolute atomic E-state index is 11.7. The van der Waals surface area contributed by atoms with E-state index in [0.29, 0.717) is 19.5 Å². The van der Waals surface area contributed by atoms with Crippen molar-refractivity contribution < 1.29 is 9.90 Å². The molecule has 0 unspecified atom stereocenters. The summed E-state index contributed by atoms with van der Waals surface area (Å²) in [6, 6.07) is 0. The second kappa shape index (κ2) is 6.53. The van der Waals surface area contributed by atoms with Gasteiger partial charge in [0.1, 0.15) is 0 Å². The summed E-state index contributed by atoms with van der Waals surface area (Å²) in [5.74, 6) is 0.0754. The molecule has 18 heavy (non-hydrogen) atoms. The molecule has 4 nitrogen and oxygen atoms in total. The van der Waals surface area contributed by atoms with Crippen molar-refractivity contribution >= 4 is 5.91 Å². The summed E-state index contributed by atoms with van der Waals surface area (Å²) in [4.78, 5) is 11.7. The zero-order chi connectivity index (χ0) is 13.6. The molecule has 3 N–H and O–H groups in total. The standard InChI is InChI=1S/C14H28N2O2/c1-13(2,3)16-9-6-12(18)15-10-14(11-17)7-4-5-8-14/h16-17H,4-11H2,1-3H3,(H,15,18). The Kier molecular flexibility index (Phi) is 5.60. The van der Waals surface area contributed by atoms with Gasteiger partial charge in [-0.3, -0.25) is 4.79 Å². The van der Waals surface area contributed by atoms with Crippen LogP contribution in [0.1, 0.15) is 52.9 Å². The van der Waals surface area contributed by atoms with Crippen molar-refractivity contribution in [2.45, 2.75) is 58.4 Å². The molecule has 0 heterocycles. The normalized spacial score (nSPS) is 18.9. The van der Waals surface area contributed by atoms with Crippen LogP contribution in [0.5, 0.6) is 0 Å². The molecule has 4 heteroatoms. The molecule has 0 aromatic rings. The third kappa shape index (κ3) is 5.36.